The molecule has 20 heavy (non-hydrogen) atoms. The molecule has 0 fully saturated rings. The van der Waals surface area contributed by atoms with Crippen LogP contribution in [0, 0.1) is 0 Å². The highest BCUT2D eigenvalue weighted by molar-refractivity contribution is 7.39. The molecule has 0 heterocycles. The Balaban J connectivity index is 2.22. The summed E-state index contributed by atoms with van der Waals surface area (Å²) in [6.07, 6.45) is 1.40. The number of benzene rings is 2. The molecule has 102 valence electrons. The van der Waals surface area contributed by atoms with Gasteiger partial charge in [-0.05, 0) is 34.9 Å². The van der Waals surface area contributed by atoms with Crippen molar-refractivity contribution in [1.82, 2.24) is 0 Å². The topological polar surface area (TPSA) is 58.6 Å². The molecule has 0 aromatic heterocycles. The van der Waals surface area contributed by atoms with Crippen molar-refractivity contribution < 1.29 is 14.2 Å². The highest BCUT2D eigenvalue weighted by atomic mass is 31.1. The van der Waals surface area contributed by atoms with Crippen molar-refractivity contribution in [2.24, 2.45) is 0 Å². The molecule has 2 unspecified atom stereocenters. The van der Waals surface area contributed by atoms with E-state index in [0.29, 0.717) is 17.2 Å². The first kappa shape index (κ1) is 14.3. The molecule has 4 nitrogen and oxygen atoms in total. The van der Waals surface area contributed by atoms with Crippen molar-refractivity contribution in [3.05, 3.63) is 67.3 Å². The molecule has 2 aromatic carbocycles. The van der Waals surface area contributed by atoms with E-state index in [1.54, 1.807) is 12.1 Å². The van der Waals surface area contributed by atoms with Crippen LogP contribution in [0.15, 0.2) is 67.3 Å². The number of hydrogen-bond acceptors (Lipinski definition) is 3. The van der Waals surface area contributed by atoms with E-state index in [9.17, 15) is 9.46 Å². The van der Waals surface area contributed by atoms with Crippen molar-refractivity contribution in [2.75, 3.05) is 5.32 Å². The smallest absolute Gasteiger partial charge is 0.455 e. The SMILES string of the molecule is C=CC(Nc1ccccc1Oc1ccccc1)[P+](=O)O. The fourth-order valence-corrected chi connectivity index (χ4v) is 2.08. The van der Waals surface area contributed by atoms with Gasteiger partial charge in [0.2, 0.25) is 0 Å². The van der Waals surface area contributed by atoms with Crippen LogP contribution in [0.2, 0.25) is 0 Å². The summed E-state index contributed by atoms with van der Waals surface area (Å²) in [5, 5.41) is 2.94. The van der Waals surface area contributed by atoms with E-state index in [-0.39, 0.29) is 0 Å². The summed E-state index contributed by atoms with van der Waals surface area (Å²) in [6.45, 7) is 3.54. The summed E-state index contributed by atoms with van der Waals surface area (Å²) in [5.41, 5.74) is 0.638. The van der Waals surface area contributed by atoms with E-state index in [1.165, 1.54) is 6.08 Å². The Labute approximate surface area is 118 Å². The molecule has 0 spiro atoms. The fourth-order valence-electron chi connectivity index (χ4n) is 1.65. The first-order chi connectivity index (χ1) is 9.70. The third-order valence-electron chi connectivity index (χ3n) is 2.62. The van der Waals surface area contributed by atoms with Crippen LogP contribution >= 0.6 is 8.03 Å². The Morgan fingerprint density at radius 1 is 1.15 bits per heavy atom. The van der Waals surface area contributed by atoms with Crippen LogP contribution in [0.5, 0.6) is 11.5 Å². The van der Waals surface area contributed by atoms with Gasteiger partial charge in [0.05, 0.1) is 5.69 Å². The molecule has 2 rings (SSSR count). The second-order valence-corrected chi connectivity index (χ2v) is 5.20. The zero-order valence-corrected chi connectivity index (χ0v) is 11.7. The number of hydrogen-bond donors (Lipinski definition) is 2. The molecule has 2 N–H and O–H groups in total. The van der Waals surface area contributed by atoms with Gasteiger partial charge in [-0.2, -0.15) is 4.89 Å². The lowest BCUT2D eigenvalue weighted by atomic mass is 10.3. The van der Waals surface area contributed by atoms with Crippen LogP contribution in [-0.2, 0) is 4.57 Å². The van der Waals surface area contributed by atoms with E-state index in [1.807, 2.05) is 42.5 Å². The van der Waals surface area contributed by atoms with Gasteiger partial charge in [0.25, 0.3) is 5.78 Å². The van der Waals surface area contributed by atoms with E-state index >= 15 is 0 Å². The Morgan fingerprint density at radius 2 is 1.80 bits per heavy atom. The molecule has 2 atom stereocenters. The standard InChI is InChI=1S/C15H14NO3P/c1-2-15(20(17)18)16-13-10-6-7-11-14(13)19-12-8-4-3-5-9-12/h2-11,15-16H,1H2/p+1. The van der Waals surface area contributed by atoms with Crippen molar-refractivity contribution in [3.8, 4) is 11.5 Å². The van der Waals surface area contributed by atoms with Crippen LogP contribution in [0.4, 0.5) is 5.69 Å². The van der Waals surface area contributed by atoms with Crippen molar-refractivity contribution >= 4 is 13.7 Å². The average molecular weight is 288 g/mol. The van der Waals surface area contributed by atoms with Gasteiger partial charge in [-0.1, -0.05) is 36.9 Å². The first-order valence-corrected chi connectivity index (χ1v) is 7.35. The molecular weight excluding hydrogens is 273 g/mol. The third-order valence-corrected chi connectivity index (χ3v) is 3.44. The Kier molecular flexibility index (Phi) is 4.88. The summed E-state index contributed by atoms with van der Waals surface area (Å²) in [4.78, 5) is 9.19. The number of nitrogens with one attached hydrogen (secondary N) is 1. The number of anilines is 1. The molecule has 0 aliphatic rings. The van der Waals surface area contributed by atoms with Crippen LogP contribution in [-0.4, -0.2) is 10.7 Å². The van der Waals surface area contributed by atoms with E-state index in [4.69, 9.17) is 4.74 Å². The van der Waals surface area contributed by atoms with Crippen molar-refractivity contribution in [1.29, 1.82) is 0 Å². The van der Waals surface area contributed by atoms with Gasteiger partial charge in [0, 0.05) is 0 Å². The highest BCUT2D eigenvalue weighted by Gasteiger charge is 2.26. The molecular formula is C15H15NO3P+. The molecule has 0 radical (unpaired) electrons. The van der Waals surface area contributed by atoms with Gasteiger partial charge >= 0.3 is 8.03 Å². The predicted molar refractivity (Wildman–Crippen MR) is 80.4 cm³/mol. The molecule has 0 aliphatic heterocycles. The third kappa shape index (κ3) is 3.67. The van der Waals surface area contributed by atoms with Crippen molar-refractivity contribution in [3.63, 3.8) is 0 Å². The van der Waals surface area contributed by atoms with Crippen LogP contribution in [0.25, 0.3) is 0 Å². The Hall–Kier alpha value is -2.16. The van der Waals surface area contributed by atoms with Crippen LogP contribution in [0.1, 0.15) is 0 Å². The maximum absolute atomic E-state index is 11.2. The van der Waals surface area contributed by atoms with Gasteiger partial charge in [0.1, 0.15) is 5.75 Å². The van der Waals surface area contributed by atoms with Gasteiger partial charge in [-0.15, -0.1) is 0 Å². The second kappa shape index (κ2) is 6.85. The zero-order valence-electron chi connectivity index (χ0n) is 10.8. The zero-order chi connectivity index (χ0) is 14.4. The lowest BCUT2D eigenvalue weighted by Gasteiger charge is -2.12. The molecule has 0 aliphatic carbocycles. The van der Waals surface area contributed by atoms with Gasteiger partial charge < -0.3 is 10.1 Å². The largest absolute Gasteiger partial charge is 0.535 e. The lowest BCUT2D eigenvalue weighted by molar-refractivity contribution is 0.483. The minimum absolute atomic E-state index is 0.586. The maximum Gasteiger partial charge on any atom is 0.535 e. The maximum atomic E-state index is 11.2. The fraction of sp³-hybridized carbons (Fsp3) is 0.0667. The first-order valence-electron chi connectivity index (χ1n) is 6.07. The normalized spacial score (nSPS) is 12.3. The minimum Gasteiger partial charge on any atom is -0.455 e. The molecule has 0 amide bonds. The van der Waals surface area contributed by atoms with E-state index in [2.05, 4.69) is 11.9 Å². The summed E-state index contributed by atoms with van der Waals surface area (Å²) >= 11 is 0. The summed E-state index contributed by atoms with van der Waals surface area (Å²) < 4.78 is 16.9. The van der Waals surface area contributed by atoms with Gasteiger partial charge in [-0.25, -0.2) is 0 Å². The van der Waals surface area contributed by atoms with Crippen LogP contribution < -0.4 is 10.1 Å². The second-order valence-electron chi connectivity index (χ2n) is 4.04. The molecule has 0 saturated carbocycles. The minimum atomic E-state index is -2.39. The van der Waals surface area contributed by atoms with E-state index in [0.717, 1.165) is 0 Å². The van der Waals surface area contributed by atoms with Gasteiger partial charge in [-0.3, -0.25) is 0 Å². The monoisotopic (exact) mass is 288 g/mol. The summed E-state index contributed by atoms with van der Waals surface area (Å²) in [6, 6.07) is 16.6. The summed E-state index contributed by atoms with van der Waals surface area (Å²) in [7, 11) is -2.39. The Bertz CT molecular complexity index is 601. The number of rotatable bonds is 6. The molecule has 2 aromatic rings. The van der Waals surface area contributed by atoms with Gasteiger partial charge in [0.15, 0.2) is 5.75 Å². The van der Waals surface area contributed by atoms with Crippen LogP contribution in [0.3, 0.4) is 0 Å². The average Bonchev–Trinajstić information content (AvgIpc) is 2.47. The van der Waals surface area contributed by atoms with E-state index < -0.39 is 13.8 Å². The quantitative estimate of drug-likeness (QED) is 0.619. The highest BCUT2D eigenvalue weighted by Crippen LogP contribution is 2.33. The molecule has 5 heteroatoms. The van der Waals surface area contributed by atoms with Crippen molar-refractivity contribution in [2.45, 2.75) is 5.78 Å². The molecule has 0 saturated heterocycles. The number of para-hydroxylation sites is 3. The predicted octanol–water partition coefficient (Wildman–Crippen LogP) is 4.14. The Morgan fingerprint density at radius 3 is 2.45 bits per heavy atom. The number of ether oxygens (including phenoxy) is 1. The summed E-state index contributed by atoms with van der Waals surface area (Å²) in [5.74, 6) is 0.568. The molecule has 0 bridgehead atoms. The lowest BCUT2D eigenvalue weighted by Crippen LogP contribution is -2.12.